The molecular formula is C13H18FNO. The number of piperidine rings is 1. The molecule has 0 radical (unpaired) electrons. The van der Waals surface area contributed by atoms with Crippen molar-refractivity contribution in [2.75, 3.05) is 18.0 Å². The van der Waals surface area contributed by atoms with Crippen molar-refractivity contribution in [3.8, 4) is 0 Å². The third-order valence-electron chi connectivity index (χ3n) is 3.17. The topological polar surface area (TPSA) is 23.5 Å². The highest BCUT2D eigenvalue weighted by molar-refractivity contribution is 5.48. The lowest BCUT2D eigenvalue weighted by Gasteiger charge is -2.30. The van der Waals surface area contributed by atoms with Gasteiger partial charge in [0.15, 0.2) is 0 Å². The summed E-state index contributed by atoms with van der Waals surface area (Å²) in [6.07, 6.45) is 0.190. The Labute approximate surface area is 95.7 Å². The molecule has 0 bridgehead atoms. The normalized spacial score (nSPS) is 19.8. The highest BCUT2D eigenvalue weighted by Crippen LogP contribution is 2.23. The third kappa shape index (κ3) is 2.53. The molecule has 2 nitrogen and oxygen atoms in total. The molecule has 0 amide bonds. The van der Waals surface area contributed by atoms with E-state index in [0.29, 0.717) is 12.8 Å². The van der Waals surface area contributed by atoms with Gasteiger partial charge in [0, 0.05) is 18.8 Å². The second-order valence-electron chi connectivity index (χ2n) is 4.43. The summed E-state index contributed by atoms with van der Waals surface area (Å²) in [5, 5.41) is 9.40. The van der Waals surface area contributed by atoms with E-state index in [-0.39, 0.29) is 0 Å². The number of benzene rings is 1. The van der Waals surface area contributed by atoms with Gasteiger partial charge in [0.25, 0.3) is 0 Å². The van der Waals surface area contributed by atoms with Crippen molar-refractivity contribution in [1.82, 2.24) is 0 Å². The molecule has 1 saturated heterocycles. The van der Waals surface area contributed by atoms with Crippen LogP contribution in [0, 0.1) is 0 Å². The summed E-state index contributed by atoms with van der Waals surface area (Å²) in [4.78, 5) is 2.20. The molecule has 0 aromatic heterocycles. The number of aliphatic hydroxyl groups excluding tert-OH is 1. The first-order valence-corrected chi connectivity index (χ1v) is 5.84. The van der Waals surface area contributed by atoms with Crippen molar-refractivity contribution in [3.63, 3.8) is 0 Å². The maximum Gasteiger partial charge on any atom is 0.103 e. The predicted octanol–water partition coefficient (Wildman–Crippen LogP) is 2.68. The Hall–Kier alpha value is -1.09. The molecule has 1 unspecified atom stereocenters. The summed E-state index contributed by atoms with van der Waals surface area (Å²) < 4.78 is 13.0. The van der Waals surface area contributed by atoms with Crippen LogP contribution in [0.15, 0.2) is 24.3 Å². The van der Waals surface area contributed by atoms with Crippen LogP contribution in [-0.4, -0.2) is 24.4 Å². The zero-order valence-electron chi connectivity index (χ0n) is 9.56. The van der Waals surface area contributed by atoms with Crippen molar-refractivity contribution in [2.45, 2.75) is 32.0 Å². The fourth-order valence-corrected chi connectivity index (χ4v) is 2.07. The molecule has 1 aromatic carbocycles. The Morgan fingerprint density at radius 2 is 1.81 bits per heavy atom. The second kappa shape index (κ2) is 4.83. The average Bonchev–Trinajstić information content (AvgIpc) is 2.30. The number of alkyl halides is 1. The quantitative estimate of drug-likeness (QED) is 0.833. The summed E-state index contributed by atoms with van der Waals surface area (Å²) in [6.45, 7) is 3.33. The first-order valence-electron chi connectivity index (χ1n) is 5.84. The molecule has 1 aliphatic rings. The minimum Gasteiger partial charge on any atom is -0.389 e. The molecule has 3 heteroatoms. The molecule has 1 N–H and O–H groups in total. The minimum atomic E-state index is -0.631. The number of nitrogens with zero attached hydrogens (tertiary/aromatic N) is 1. The van der Waals surface area contributed by atoms with E-state index in [0.717, 1.165) is 24.3 Å². The number of hydrogen-bond donors (Lipinski definition) is 1. The van der Waals surface area contributed by atoms with Crippen LogP contribution in [0.3, 0.4) is 0 Å². The molecule has 2 rings (SSSR count). The van der Waals surface area contributed by atoms with Gasteiger partial charge in [-0.25, -0.2) is 4.39 Å². The molecule has 0 aliphatic carbocycles. The lowest BCUT2D eigenvalue weighted by molar-refractivity contribution is 0.199. The molecule has 0 saturated carbocycles. The molecule has 0 spiro atoms. The number of rotatable bonds is 2. The maximum absolute atomic E-state index is 13.0. The van der Waals surface area contributed by atoms with Crippen LogP contribution >= 0.6 is 0 Å². The lowest BCUT2D eigenvalue weighted by Crippen LogP contribution is -2.34. The van der Waals surface area contributed by atoms with Gasteiger partial charge in [0.2, 0.25) is 0 Å². The van der Waals surface area contributed by atoms with Gasteiger partial charge in [0.05, 0.1) is 6.10 Å². The van der Waals surface area contributed by atoms with Crippen molar-refractivity contribution in [2.24, 2.45) is 0 Å². The maximum atomic E-state index is 13.0. The SMILES string of the molecule is CC(O)c1ccc(N2CCC(F)CC2)cc1. The lowest BCUT2D eigenvalue weighted by atomic mass is 10.1. The van der Waals surface area contributed by atoms with Crippen molar-refractivity contribution < 1.29 is 9.50 Å². The van der Waals surface area contributed by atoms with Crippen LogP contribution in [-0.2, 0) is 0 Å². The van der Waals surface area contributed by atoms with E-state index in [1.165, 1.54) is 0 Å². The number of hydrogen-bond acceptors (Lipinski definition) is 2. The van der Waals surface area contributed by atoms with Crippen molar-refractivity contribution in [1.29, 1.82) is 0 Å². The van der Waals surface area contributed by atoms with Crippen molar-refractivity contribution >= 4 is 5.69 Å². The standard InChI is InChI=1S/C13H18FNO/c1-10(16)11-2-4-13(5-3-11)15-8-6-12(14)7-9-15/h2-5,10,12,16H,6-9H2,1H3. The van der Waals surface area contributed by atoms with Gasteiger partial charge < -0.3 is 10.0 Å². The van der Waals surface area contributed by atoms with E-state index in [2.05, 4.69) is 4.90 Å². The summed E-state index contributed by atoms with van der Waals surface area (Å²) in [6, 6.07) is 7.87. The fourth-order valence-electron chi connectivity index (χ4n) is 2.07. The highest BCUT2D eigenvalue weighted by Gasteiger charge is 2.18. The Morgan fingerprint density at radius 3 is 2.31 bits per heavy atom. The largest absolute Gasteiger partial charge is 0.389 e. The van der Waals surface area contributed by atoms with Crippen LogP contribution < -0.4 is 4.90 Å². The number of halogens is 1. The zero-order chi connectivity index (χ0) is 11.5. The van der Waals surface area contributed by atoms with Gasteiger partial charge in [-0.3, -0.25) is 0 Å². The fraction of sp³-hybridized carbons (Fsp3) is 0.538. The van der Waals surface area contributed by atoms with Gasteiger partial charge >= 0.3 is 0 Å². The summed E-state index contributed by atoms with van der Waals surface area (Å²) in [7, 11) is 0. The Balaban J connectivity index is 2.04. The van der Waals surface area contributed by atoms with Crippen LogP contribution in [0.4, 0.5) is 10.1 Å². The van der Waals surface area contributed by atoms with Crippen LogP contribution in [0.5, 0.6) is 0 Å². The molecule has 16 heavy (non-hydrogen) atoms. The van der Waals surface area contributed by atoms with Gasteiger partial charge in [-0.15, -0.1) is 0 Å². The van der Waals surface area contributed by atoms with E-state index >= 15 is 0 Å². The van der Waals surface area contributed by atoms with Gasteiger partial charge in [-0.1, -0.05) is 12.1 Å². The smallest absolute Gasteiger partial charge is 0.103 e. The van der Waals surface area contributed by atoms with Crippen LogP contribution in [0.1, 0.15) is 31.4 Å². The first-order chi connectivity index (χ1) is 7.66. The minimum absolute atomic E-state index is 0.425. The number of aliphatic hydroxyl groups is 1. The van der Waals surface area contributed by atoms with E-state index in [9.17, 15) is 9.50 Å². The van der Waals surface area contributed by atoms with Gasteiger partial charge in [-0.05, 0) is 37.5 Å². The van der Waals surface area contributed by atoms with Crippen LogP contribution in [0.25, 0.3) is 0 Å². The molecular weight excluding hydrogens is 205 g/mol. The summed E-state index contributed by atoms with van der Waals surface area (Å²) >= 11 is 0. The summed E-state index contributed by atoms with van der Waals surface area (Å²) in [5.74, 6) is 0. The Morgan fingerprint density at radius 1 is 1.25 bits per heavy atom. The van der Waals surface area contributed by atoms with Crippen molar-refractivity contribution in [3.05, 3.63) is 29.8 Å². The van der Waals surface area contributed by atoms with E-state index in [1.54, 1.807) is 6.92 Å². The monoisotopic (exact) mass is 223 g/mol. The first kappa shape index (κ1) is 11.4. The molecule has 1 atom stereocenters. The van der Waals surface area contributed by atoms with Gasteiger partial charge in [0.1, 0.15) is 6.17 Å². The van der Waals surface area contributed by atoms with E-state index in [1.807, 2.05) is 24.3 Å². The molecule has 88 valence electrons. The highest BCUT2D eigenvalue weighted by atomic mass is 19.1. The molecule has 1 fully saturated rings. The molecule has 1 aliphatic heterocycles. The second-order valence-corrected chi connectivity index (χ2v) is 4.43. The summed E-state index contributed by atoms with van der Waals surface area (Å²) in [5.41, 5.74) is 2.04. The molecule has 1 heterocycles. The Bertz CT molecular complexity index is 328. The van der Waals surface area contributed by atoms with Gasteiger partial charge in [-0.2, -0.15) is 0 Å². The van der Waals surface area contributed by atoms with E-state index in [4.69, 9.17) is 0 Å². The predicted molar refractivity (Wildman–Crippen MR) is 63.4 cm³/mol. The zero-order valence-corrected chi connectivity index (χ0v) is 9.56. The third-order valence-corrected chi connectivity index (χ3v) is 3.17. The average molecular weight is 223 g/mol. The van der Waals surface area contributed by atoms with E-state index < -0.39 is 12.3 Å². The van der Waals surface area contributed by atoms with Crippen LogP contribution in [0.2, 0.25) is 0 Å². The Kier molecular flexibility index (Phi) is 3.44. The molecule has 1 aromatic rings. The number of anilines is 1.